The van der Waals surface area contributed by atoms with Crippen molar-refractivity contribution in [3.63, 3.8) is 0 Å². The van der Waals surface area contributed by atoms with Crippen molar-refractivity contribution >= 4 is 28.2 Å². The average molecular weight is 317 g/mol. The van der Waals surface area contributed by atoms with E-state index in [2.05, 4.69) is 50.0 Å². The molecule has 1 aromatic heterocycles. The molecule has 6 nitrogen and oxygen atoms in total. The number of rotatable bonds is 4. The highest BCUT2D eigenvalue weighted by Crippen LogP contribution is 2.20. The van der Waals surface area contributed by atoms with Crippen molar-refractivity contribution in [2.24, 2.45) is 0 Å². The zero-order valence-corrected chi connectivity index (χ0v) is 13.3. The van der Waals surface area contributed by atoms with E-state index < -0.39 is 0 Å². The largest absolute Gasteiger partial charge is 0.372 e. The Labute approximate surface area is 133 Å². The molecule has 1 aliphatic rings. The molecule has 1 aromatic carbocycles. The zero-order chi connectivity index (χ0) is 15.4. The molecule has 1 saturated heterocycles. The topological polar surface area (TPSA) is 70.1 Å². The molecule has 0 unspecified atom stereocenters. The molecule has 0 saturated carbocycles. The number of amides is 2. The van der Waals surface area contributed by atoms with Crippen LogP contribution in [0.2, 0.25) is 0 Å². The summed E-state index contributed by atoms with van der Waals surface area (Å²) in [6.45, 7) is 4.62. The van der Waals surface area contributed by atoms with Crippen LogP contribution < -0.4 is 15.5 Å². The van der Waals surface area contributed by atoms with Gasteiger partial charge in [0.2, 0.25) is 5.13 Å². The Morgan fingerprint density at radius 1 is 1.23 bits per heavy atom. The molecule has 1 aliphatic heterocycles. The van der Waals surface area contributed by atoms with Crippen LogP contribution in [0.3, 0.4) is 0 Å². The molecule has 22 heavy (non-hydrogen) atoms. The third kappa shape index (κ3) is 3.73. The molecule has 2 aromatic rings. The highest BCUT2D eigenvalue weighted by atomic mass is 32.1. The molecule has 0 radical (unpaired) electrons. The summed E-state index contributed by atoms with van der Waals surface area (Å²) in [7, 11) is 0. The SMILES string of the molecule is Cc1nnc(NC(=O)NCc2ccc(N3CCCC3)cc2)s1. The van der Waals surface area contributed by atoms with Gasteiger partial charge in [-0.25, -0.2) is 4.79 Å². The molecule has 0 spiro atoms. The highest BCUT2D eigenvalue weighted by molar-refractivity contribution is 7.15. The molecule has 7 heteroatoms. The molecular weight excluding hydrogens is 298 g/mol. The summed E-state index contributed by atoms with van der Waals surface area (Å²) < 4.78 is 0. The molecule has 0 aliphatic carbocycles. The van der Waals surface area contributed by atoms with Gasteiger partial charge in [-0.05, 0) is 37.5 Å². The van der Waals surface area contributed by atoms with Gasteiger partial charge in [-0.2, -0.15) is 0 Å². The first-order chi connectivity index (χ1) is 10.7. The summed E-state index contributed by atoms with van der Waals surface area (Å²) in [5.41, 5.74) is 2.33. The van der Waals surface area contributed by atoms with Crippen LogP contribution in [0.25, 0.3) is 0 Å². The summed E-state index contributed by atoms with van der Waals surface area (Å²) in [6, 6.07) is 8.09. The summed E-state index contributed by atoms with van der Waals surface area (Å²) in [6.07, 6.45) is 2.54. The van der Waals surface area contributed by atoms with Crippen LogP contribution in [-0.4, -0.2) is 29.3 Å². The van der Waals surface area contributed by atoms with E-state index >= 15 is 0 Å². The van der Waals surface area contributed by atoms with Gasteiger partial charge in [0.05, 0.1) is 0 Å². The first-order valence-corrected chi connectivity index (χ1v) is 8.21. The summed E-state index contributed by atoms with van der Waals surface area (Å²) in [5, 5.41) is 14.6. The van der Waals surface area contributed by atoms with Crippen LogP contribution in [0.1, 0.15) is 23.4 Å². The Bertz CT molecular complexity index is 634. The monoisotopic (exact) mass is 317 g/mol. The number of benzene rings is 1. The minimum atomic E-state index is -0.264. The summed E-state index contributed by atoms with van der Waals surface area (Å²) in [5.74, 6) is 0. The van der Waals surface area contributed by atoms with E-state index in [-0.39, 0.29) is 6.03 Å². The fourth-order valence-electron chi connectivity index (χ4n) is 2.47. The molecule has 0 bridgehead atoms. The third-order valence-electron chi connectivity index (χ3n) is 3.61. The first-order valence-electron chi connectivity index (χ1n) is 7.39. The molecule has 3 rings (SSSR count). The predicted octanol–water partition coefficient (Wildman–Crippen LogP) is 2.77. The number of hydrogen-bond acceptors (Lipinski definition) is 5. The number of carbonyl (C=O) groups is 1. The molecule has 116 valence electrons. The quantitative estimate of drug-likeness (QED) is 0.909. The van der Waals surface area contributed by atoms with Crippen molar-refractivity contribution in [3.05, 3.63) is 34.8 Å². The van der Waals surface area contributed by atoms with Crippen molar-refractivity contribution in [3.8, 4) is 0 Å². The van der Waals surface area contributed by atoms with E-state index in [0.29, 0.717) is 11.7 Å². The summed E-state index contributed by atoms with van der Waals surface area (Å²) >= 11 is 1.35. The Balaban J connectivity index is 1.49. The number of carbonyl (C=O) groups excluding carboxylic acids is 1. The molecular formula is C15H19N5OS. The molecule has 2 N–H and O–H groups in total. The highest BCUT2D eigenvalue weighted by Gasteiger charge is 2.12. The van der Waals surface area contributed by atoms with Crippen LogP contribution in [0, 0.1) is 6.92 Å². The van der Waals surface area contributed by atoms with Gasteiger partial charge in [-0.15, -0.1) is 10.2 Å². The van der Waals surface area contributed by atoms with Crippen molar-refractivity contribution in [2.75, 3.05) is 23.3 Å². The van der Waals surface area contributed by atoms with Crippen LogP contribution in [0.5, 0.6) is 0 Å². The van der Waals surface area contributed by atoms with E-state index in [0.717, 1.165) is 23.7 Å². The minimum Gasteiger partial charge on any atom is -0.372 e. The Kier molecular flexibility index (Phi) is 4.53. The number of urea groups is 1. The number of nitrogens with one attached hydrogen (secondary N) is 2. The maximum atomic E-state index is 11.8. The van der Waals surface area contributed by atoms with Gasteiger partial charge in [-0.3, -0.25) is 5.32 Å². The van der Waals surface area contributed by atoms with Gasteiger partial charge in [0.25, 0.3) is 0 Å². The molecule has 2 amide bonds. The van der Waals surface area contributed by atoms with Gasteiger partial charge in [0, 0.05) is 25.3 Å². The number of hydrogen-bond donors (Lipinski definition) is 2. The number of aryl methyl sites for hydroxylation is 1. The first kappa shape index (κ1) is 14.8. The second-order valence-corrected chi connectivity index (χ2v) is 6.48. The zero-order valence-electron chi connectivity index (χ0n) is 12.5. The normalized spacial score (nSPS) is 14.1. The number of aromatic nitrogens is 2. The maximum absolute atomic E-state index is 11.8. The Morgan fingerprint density at radius 2 is 1.95 bits per heavy atom. The lowest BCUT2D eigenvalue weighted by Gasteiger charge is -2.17. The Morgan fingerprint density at radius 3 is 2.59 bits per heavy atom. The predicted molar refractivity (Wildman–Crippen MR) is 88.4 cm³/mol. The van der Waals surface area contributed by atoms with E-state index in [1.165, 1.54) is 29.9 Å². The van der Waals surface area contributed by atoms with Crippen LogP contribution in [0.4, 0.5) is 15.6 Å². The van der Waals surface area contributed by atoms with Gasteiger partial charge in [0.15, 0.2) is 0 Å². The second-order valence-electron chi connectivity index (χ2n) is 5.29. The number of anilines is 2. The fourth-order valence-corrected chi connectivity index (χ4v) is 3.06. The third-order valence-corrected chi connectivity index (χ3v) is 4.36. The lowest BCUT2D eigenvalue weighted by Crippen LogP contribution is -2.28. The van der Waals surface area contributed by atoms with Crippen LogP contribution in [-0.2, 0) is 6.54 Å². The van der Waals surface area contributed by atoms with E-state index in [1.807, 2.05) is 6.92 Å². The van der Waals surface area contributed by atoms with Crippen molar-refractivity contribution in [1.82, 2.24) is 15.5 Å². The Hall–Kier alpha value is -2.15. The van der Waals surface area contributed by atoms with E-state index in [9.17, 15) is 4.79 Å². The van der Waals surface area contributed by atoms with Gasteiger partial charge < -0.3 is 10.2 Å². The van der Waals surface area contributed by atoms with E-state index in [1.54, 1.807) is 0 Å². The number of nitrogens with zero attached hydrogens (tertiary/aromatic N) is 3. The lowest BCUT2D eigenvalue weighted by atomic mass is 10.2. The fraction of sp³-hybridized carbons (Fsp3) is 0.400. The minimum absolute atomic E-state index is 0.264. The lowest BCUT2D eigenvalue weighted by molar-refractivity contribution is 0.251. The van der Waals surface area contributed by atoms with Crippen molar-refractivity contribution < 1.29 is 4.79 Å². The molecule has 1 fully saturated rings. The van der Waals surface area contributed by atoms with Crippen LogP contribution >= 0.6 is 11.3 Å². The molecule has 2 heterocycles. The smallest absolute Gasteiger partial charge is 0.321 e. The van der Waals surface area contributed by atoms with Crippen molar-refractivity contribution in [2.45, 2.75) is 26.3 Å². The maximum Gasteiger partial charge on any atom is 0.321 e. The van der Waals surface area contributed by atoms with Gasteiger partial charge >= 0.3 is 6.03 Å². The summed E-state index contributed by atoms with van der Waals surface area (Å²) in [4.78, 5) is 14.2. The van der Waals surface area contributed by atoms with Gasteiger partial charge in [-0.1, -0.05) is 23.5 Å². The van der Waals surface area contributed by atoms with E-state index in [4.69, 9.17) is 0 Å². The van der Waals surface area contributed by atoms with Crippen molar-refractivity contribution in [1.29, 1.82) is 0 Å². The second kappa shape index (κ2) is 6.74. The van der Waals surface area contributed by atoms with Crippen LogP contribution in [0.15, 0.2) is 24.3 Å². The average Bonchev–Trinajstić information content (AvgIpc) is 3.18. The van der Waals surface area contributed by atoms with Gasteiger partial charge in [0.1, 0.15) is 5.01 Å². The standard InChI is InChI=1S/C15H19N5OS/c1-11-18-19-15(22-11)17-14(21)16-10-12-4-6-13(7-5-12)20-8-2-3-9-20/h4-7H,2-3,8-10H2,1H3,(H2,16,17,19,21). The molecule has 0 atom stereocenters.